The van der Waals surface area contributed by atoms with Crippen LogP contribution < -0.4 is 16.0 Å². The van der Waals surface area contributed by atoms with E-state index in [4.69, 9.17) is 16.3 Å². The Kier molecular flexibility index (Phi) is 11.2. The highest BCUT2D eigenvalue weighted by Gasteiger charge is 2.33. The van der Waals surface area contributed by atoms with E-state index in [2.05, 4.69) is 25.9 Å². The zero-order valence-corrected chi connectivity index (χ0v) is 25.5. The number of aromatic nitrogens is 2. The zero-order chi connectivity index (χ0) is 30.7. The fraction of sp³-hybridized carbons (Fsp3) is 0.273. The van der Waals surface area contributed by atoms with Crippen molar-refractivity contribution in [3.05, 3.63) is 119 Å². The molecule has 4 N–H and O–H groups in total. The minimum atomic E-state index is -1.30. The highest BCUT2D eigenvalue weighted by atomic mass is 35.5. The Labute approximate surface area is 265 Å². The Balaban J connectivity index is 1.26. The normalized spacial score (nSPS) is 17.1. The molecule has 44 heavy (non-hydrogen) atoms. The number of anilines is 1. The van der Waals surface area contributed by atoms with Crippen LogP contribution >= 0.6 is 23.4 Å². The van der Waals surface area contributed by atoms with Crippen molar-refractivity contribution in [3.63, 3.8) is 0 Å². The van der Waals surface area contributed by atoms with Crippen molar-refractivity contribution in [3.8, 4) is 0 Å². The van der Waals surface area contributed by atoms with Gasteiger partial charge in [-0.25, -0.2) is 9.78 Å². The summed E-state index contributed by atoms with van der Waals surface area (Å²) in [6.45, 7) is 1.48. The second kappa shape index (κ2) is 15.7. The second-order valence-electron chi connectivity index (χ2n) is 10.4. The molecule has 11 heteroatoms. The number of carbonyl (C=O) groups is 2. The number of carbonyl (C=O) groups excluding carboxylic acids is 1. The number of ether oxygens (including phenoxy) is 1. The van der Waals surface area contributed by atoms with Crippen molar-refractivity contribution in [1.82, 2.24) is 20.6 Å². The summed E-state index contributed by atoms with van der Waals surface area (Å²) in [5.74, 6) is 0.00687. The van der Waals surface area contributed by atoms with E-state index in [-0.39, 0.29) is 12.2 Å². The first-order valence-corrected chi connectivity index (χ1v) is 15.8. The molecule has 1 fully saturated rings. The van der Waals surface area contributed by atoms with E-state index in [0.29, 0.717) is 35.9 Å². The second-order valence-corrected chi connectivity index (χ2v) is 11.9. The predicted molar refractivity (Wildman–Crippen MR) is 172 cm³/mol. The van der Waals surface area contributed by atoms with Gasteiger partial charge in [0, 0.05) is 47.1 Å². The van der Waals surface area contributed by atoms with Crippen molar-refractivity contribution in [2.24, 2.45) is 0 Å². The third kappa shape index (κ3) is 8.79. The van der Waals surface area contributed by atoms with E-state index >= 15 is 0 Å². The van der Waals surface area contributed by atoms with Gasteiger partial charge in [-0.2, -0.15) is 0 Å². The fourth-order valence-electron chi connectivity index (χ4n) is 5.24. The van der Waals surface area contributed by atoms with E-state index < -0.39 is 24.0 Å². The van der Waals surface area contributed by atoms with Crippen LogP contribution in [0.25, 0.3) is 0 Å². The molecule has 9 nitrogen and oxygen atoms in total. The third-order valence-corrected chi connectivity index (χ3v) is 8.71. The highest BCUT2D eigenvalue weighted by molar-refractivity contribution is 7.99. The van der Waals surface area contributed by atoms with Gasteiger partial charge in [-0.3, -0.25) is 9.78 Å². The smallest absolute Gasteiger partial charge is 0.405 e. The van der Waals surface area contributed by atoms with Crippen LogP contribution in [-0.2, 0) is 16.0 Å². The number of nitrogens with zero attached hydrogens (tertiary/aromatic N) is 2. The lowest BCUT2D eigenvalue weighted by Gasteiger charge is -2.31. The van der Waals surface area contributed by atoms with Gasteiger partial charge in [-0.15, -0.1) is 11.8 Å². The average molecular weight is 632 g/mol. The van der Waals surface area contributed by atoms with Crippen LogP contribution in [0.4, 0.5) is 10.6 Å². The lowest BCUT2D eigenvalue weighted by molar-refractivity contribution is -0.118. The average Bonchev–Trinajstić information content (AvgIpc) is 3.05. The minimum absolute atomic E-state index is 0.0351. The number of rotatable bonds is 12. The van der Waals surface area contributed by atoms with Crippen molar-refractivity contribution >= 4 is 41.2 Å². The monoisotopic (exact) mass is 631 g/mol. The van der Waals surface area contributed by atoms with Gasteiger partial charge in [0.1, 0.15) is 6.04 Å². The molecule has 2 amide bonds. The Bertz CT molecular complexity index is 1470. The largest absolute Gasteiger partial charge is 0.465 e. The van der Waals surface area contributed by atoms with Crippen molar-refractivity contribution < 1.29 is 19.4 Å². The standard InChI is InChI=1S/C33H34ClN5O4S/c34-24-11-14-27(15-12-24)44-21-26-20-35-19-25(43-26)13-16-28-31(37-18-17-36-28)39-32(40)30(38-33(41)42)29(22-7-3-1-4-8-22)23-9-5-2-6-10-23/h1-12,14-15,17-18,25-26,29-30,35,38H,13,16,19-21H2,(H,41,42)(H,37,39,40)/t25-,26+,30+/m1/s1. The Morgan fingerprint density at radius 3 is 2.23 bits per heavy atom. The molecule has 4 aromatic rings. The molecule has 0 aliphatic carbocycles. The quantitative estimate of drug-likeness (QED) is 0.149. The molecule has 0 unspecified atom stereocenters. The highest BCUT2D eigenvalue weighted by Crippen LogP contribution is 2.29. The number of benzene rings is 3. The number of nitrogens with one attached hydrogen (secondary N) is 3. The van der Waals surface area contributed by atoms with Crippen molar-refractivity contribution in [1.29, 1.82) is 0 Å². The number of thioether (sulfide) groups is 1. The van der Waals surface area contributed by atoms with Crippen molar-refractivity contribution in [2.75, 3.05) is 24.2 Å². The first-order valence-electron chi connectivity index (χ1n) is 14.4. The molecule has 0 saturated carbocycles. The van der Waals surface area contributed by atoms with Crippen LogP contribution in [-0.4, -0.2) is 64.2 Å². The summed E-state index contributed by atoms with van der Waals surface area (Å²) in [5, 5.41) is 19.2. The molecule has 1 aromatic heterocycles. The lowest BCUT2D eigenvalue weighted by Crippen LogP contribution is -2.47. The van der Waals surface area contributed by atoms with Gasteiger partial charge in [-0.05, 0) is 48.2 Å². The maximum absolute atomic E-state index is 13.8. The van der Waals surface area contributed by atoms with Gasteiger partial charge >= 0.3 is 6.09 Å². The Morgan fingerprint density at radius 2 is 1.57 bits per heavy atom. The fourth-order valence-corrected chi connectivity index (χ4v) is 6.27. The van der Waals surface area contributed by atoms with Gasteiger partial charge in [0.15, 0.2) is 5.82 Å². The summed E-state index contributed by atoms with van der Waals surface area (Å²) in [4.78, 5) is 35.7. The van der Waals surface area contributed by atoms with Crippen LogP contribution in [0.15, 0.2) is 102 Å². The Hall–Kier alpha value is -3.96. The van der Waals surface area contributed by atoms with Crippen LogP contribution in [0.3, 0.4) is 0 Å². The summed E-state index contributed by atoms with van der Waals surface area (Å²) in [6.07, 6.45) is 2.99. The predicted octanol–water partition coefficient (Wildman–Crippen LogP) is 5.62. The molecule has 0 bridgehead atoms. The van der Waals surface area contributed by atoms with Gasteiger partial charge < -0.3 is 25.8 Å². The maximum Gasteiger partial charge on any atom is 0.405 e. The van der Waals surface area contributed by atoms with Gasteiger partial charge in [0.05, 0.1) is 17.9 Å². The van der Waals surface area contributed by atoms with Crippen molar-refractivity contribution in [2.45, 2.75) is 41.9 Å². The molecule has 5 rings (SSSR count). The van der Waals surface area contributed by atoms with Gasteiger partial charge in [-0.1, -0.05) is 72.3 Å². The summed E-state index contributed by atoms with van der Waals surface area (Å²) in [5.41, 5.74) is 2.21. The first-order chi connectivity index (χ1) is 21.5. The summed E-state index contributed by atoms with van der Waals surface area (Å²) < 4.78 is 6.37. The number of hydrogen-bond acceptors (Lipinski definition) is 7. The van der Waals surface area contributed by atoms with Gasteiger partial charge in [0.2, 0.25) is 5.91 Å². The molecule has 3 atom stereocenters. The zero-order valence-electron chi connectivity index (χ0n) is 23.9. The molecule has 0 radical (unpaired) electrons. The molecule has 1 aliphatic heterocycles. The van der Waals surface area contributed by atoms with Gasteiger partial charge in [0.25, 0.3) is 0 Å². The molecular formula is C33H34ClN5O4S. The first kappa shape index (κ1) is 31.5. The van der Waals surface area contributed by atoms with E-state index in [1.54, 1.807) is 18.0 Å². The van der Waals surface area contributed by atoms with E-state index in [1.807, 2.05) is 84.9 Å². The number of amides is 2. The van der Waals surface area contributed by atoms with Crippen LogP contribution in [0.1, 0.15) is 29.2 Å². The number of carboxylic acid groups (broad SMARTS) is 1. The van der Waals surface area contributed by atoms with Crippen LogP contribution in [0.2, 0.25) is 5.02 Å². The summed E-state index contributed by atoms with van der Waals surface area (Å²) >= 11 is 7.73. The molecule has 0 spiro atoms. The molecule has 2 heterocycles. The molecule has 1 aliphatic rings. The topological polar surface area (TPSA) is 125 Å². The number of aryl methyl sites for hydroxylation is 1. The minimum Gasteiger partial charge on any atom is -0.465 e. The summed E-state index contributed by atoms with van der Waals surface area (Å²) in [6, 6.07) is 25.4. The third-order valence-electron chi connectivity index (χ3n) is 7.31. The SMILES string of the molecule is O=C(O)N[C@H](C(=O)Nc1nccnc1CC[C@@H]1CNC[C@@H](CSc2ccc(Cl)cc2)O1)C(c1ccccc1)c1ccccc1. The molecule has 1 saturated heterocycles. The molecular weight excluding hydrogens is 598 g/mol. The lowest BCUT2D eigenvalue weighted by atomic mass is 9.84. The van der Waals surface area contributed by atoms with E-state index in [9.17, 15) is 14.7 Å². The van der Waals surface area contributed by atoms with Crippen LogP contribution in [0.5, 0.6) is 0 Å². The maximum atomic E-state index is 13.8. The van der Waals surface area contributed by atoms with Crippen LogP contribution in [0, 0.1) is 0 Å². The van der Waals surface area contributed by atoms with E-state index in [1.165, 1.54) is 6.20 Å². The molecule has 228 valence electrons. The number of hydrogen-bond donors (Lipinski definition) is 4. The Morgan fingerprint density at radius 1 is 0.932 bits per heavy atom. The molecule has 3 aromatic carbocycles. The number of morpholine rings is 1. The number of halogens is 1. The van der Waals surface area contributed by atoms with E-state index in [0.717, 1.165) is 28.3 Å². The summed E-state index contributed by atoms with van der Waals surface area (Å²) in [7, 11) is 0.